The van der Waals surface area contributed by atoms with Gasteiger partial charge in [-0.1, -0.05) is 17.8 Å². The topological polar surface area (TPSA) is 93.7 Å². The van der Waals surface area contributed by atoms with E-state index in [2.05, 4.69) is 20.3 Å². The number of esters is 1. The summed E-state index contributed by atoms with van der Waals surface area (Å²) in [5, 5.41) is 20.3. The quantitative estimate of drug-likeness (QED) is 0.604. The third kappa shape index (κ3) is 3.76. The summed E-state index contributed by atoms with van der Waals surface area (Å²) in [6.45, 7) is -0.0969. The van der Waals surface area contributed by atoms with Gasteiger partial charge in [0.15, 0.2) is 0 Å². The Labute approximate surface area is 123 Å². The van der Waals surface area contributed by atoms with Crippen LogP contribution in [0.1, 0.15) is 11.1 Å². The SMILES string of the molecule is COC(=O)Cn1nnnc1SCc1ccc(F)cc1C#N. The lowest BCUT2D eigenvalue weighted by Gasteiger charge is -2.04. The van der Waals surface area contributed by atoms with E-state index in [1.807, 2.05) is 6.07 Å². The van der Waals surface area contributed by atoms with Crippen molar-refractivity contribution in [2.24, 2.45) is 0 Å². The summed E-state index contributed by atoms with van der Waals surface area (Å²) in [5.41, 5.74) is 0.922. The third-order valence-corrected chi connectivity index (χ3v) is 3.56. The zero-order chi connectivity index (χ0) is 15.2. The highest BCUT2D eigenvalue weighted by Gasteiger charge is 2.12. The fourth-order valence-corrected chi connectivity index (χ4v) is 2.39. The molecule has 0 aliphatic heterocycles. The van der Waals surface area contributed by atoms with Gasteiger partial charge in [-0.05, 0) is 28.1 Å². The summed E-state index contributed by atoms with van der Waals surface area (Å²) >= 11 is 1.24. The minimum absolute atomic E-state index is 0.0969. The Morgan fingerprint density at radius 3 is 3.10 bits per heavy atom. The standard InChI is InChI=1S/C12H10FN5O2S/c1-20-11(19)6-18-12(15-16-17-18)21-7-8-2-3-10(13)4-9(8)5-14/h2-4H,6-7H2,1H3. The summed E-state index contributed by atoms with van der Waals surface area (Å²) in [4.78, 5) is 11.2. The van der Waals surface area contributed by atoms with E-state index in [-0.39, 0.29) is 12.1 Å². The van der Waals surface area contributed by atoms with Crippen LogP contribution in [0.5, 0.6) is 0 Å². The molecule has 0 fully saturated rings. The zero-order valence-corrected chi connectivity index (χ0v) is 11.8. The molecule has 2 aromatic rings. The van der Waals surface area contributed by atoms with Gasteiger partial charge in [0, 0.05) is 5.75 Å². The van der Waals surface area contributed by atoms with Gasteiger partial charge in [0.05, 0.1) is 18.7 Å². The highest BCUT2D eigenvalue weighted by atomic mass is 32.2. The van der Waals surface area contributed by atoms with Gasteiger partial charge < -0.3 is 4.74 Å². The number of thioether (sulfide) groups is 1. The second-order valence-electron chi connectivity index (χ2n) is 3.90. The van der Waals surface area contributed by atoms with Crippen LogP contribution in [0.25, 0.3) is 0 Å². The van der Waals surface area contributed by atoms with Crippen molar-refractivity contribution in [2.75, 3.05) is 7.11 Å². The van der Waals surface area contributed by atoms with Crippen LogP contribution in [0.15, 0.2) is 23.4 Å². The van der Waals surface area contributed by atoms with Gasteiger partial charge in [0.25, 0.3) is 0 Å². The highest BCUT2D eigenvalue weighted by Crippen LogP contribution is 2.22. The number of carbonyl (C=O) groups is 1. The Morgan fingerprint density at radius 2 is 2.38 bits per heavy atom. The molecule has 0 spiro atoms. The Hall–Kier alpha value is -2.47. The van der Waals surface area contributed by atoms with E-state index in [0.717, 1.165) is 0 Å². The zero-order valence-electron chi connectivity index (χ0n) is 11.0. The largest absolute Gasteiger partial charge is 0.468 e. The average molecular weight is 307 g/mol. The summed E-state index contributed by atoms with van der Waals surface area (Å²) in [5.74, 6) is -0.551. The van der Waals surface area contributed by atoms with E-state index in [4.69, 9.17) is 5.26 Å². The van der Waals surface area contributed by atoms with Gasteiger partial charge >= 0.3 is 5.97 Å². The number of nitrogens with zero attached hydrogens (tertiary/aromatic N) is 5. The van der Waals surface area contributed by atoms with Gasteiger partial charge in [-0.15, -0.1) is 5.10 Å². The molecule has 0 aliphatic carbocycles. The molecule has 7 nitrogen and oxygen atoms in total. The highest BCUT2D eigenvalue weighted by molar-refractivity contribution is 7.98. The van der Waals surface area contributed by atoms with Crippen LogP contribution in [0, 0.1) is 17.1 Å². The molecule has 0 bridgehead atoms. The van der Waals surface area contributed by atoms with Crippen molar-refractivity contribution in [1.82, 2.24) is 20.2 Å². The van der Waals surface area contributed by atoms with E-state index in [9.17, 15) is 9.18 Å². The van der Waals surface area contributed by atoms with Crippen LogP contribution in [0.2, 0.25) is 0 Å². The van der Waals surface area contributed by atoms with Gasteiger partial charge in [-0.2, -0.15) is 5.26 Å². The van der Waals surface area contributed by atoms with Crippen molar-refractivity contribution in [3.63, 3.8) is 0 Å². The number of hydrogen-bond donors (Lipinski definition) is 0. The Balaban J connectivity index is 2.09. The molecule has 0 atom stereocenters. The van der Waals surface area contributed by atoms with E-state index in [1.54, 1.807) is 0 Å². The average Bonchev–Trinajstić information content (AvgIpc) is 2.92. The minimum atomic E-state index is -0.469. The molecule has 1 heterocycles. The lowest BCUT2D eigenvalue weighted by molar-refractivity contribution is -0.141. The monoisotopic (exact) mass is 307 g/mol. The summed E-state index contributed by atoms with van der Waals surface area (Å²) < 4.78 is 18.9. The predicted octanol–water partition coefficient (Wildman–Crippen LogP) is 1.15. The molecule has 1 aromatic heterocycles. The van der Waals surface area contributed by atoms with Crippen LogP contribution >= 0.6 is 11.8 Å². The van der Waals surface area contributed by atoms with Gasteiger partial charge in [0.1, 0.15) is 12.4 Å². The number of ether oxygens (including phenoxy) is 1. The Bertz CT molecular complexity index is 697. The molecule has 9 heteroatoms. The molecule has 0 N–H and O–H groups in total. The first kappa shape index (κ1) is 14.9. The maximum Gasteiger partial charge on any atom is 0.327 e. The first-order valence-corrected chi connectivity index (χ1v) is 6.77. The number of aromatic nitrogens is 4. The maximum absolute atomic E-state index is 13.0. The molecule has 0 radical (unpaired) electrons. The second kappa shape index (κ2) is 6.81. The minimum Gasteiger partial charge on any atom is -0.468 e. The molecule has 0 unspecified atom stereocenters. The first-order valence-electron chi connectivity index (χ1n) is 5.78. The molecule has 0 saturated carbocycles. The van der Waals surface area contributed by atoms with Crippen molar-refractivity contribution in [3.8, 4) is 6.07 Å². The first-order chi connectivity index (χ1) is 10.1. The molecule has 0 aliphatic rings. The van der Waals surface area contributed by atoms with E-state index in [0.29, 0.717) is 16.5 Å². The van der Waals surface area contributed by atoms with E-state index in [1.165, 1.54) is 41.8 Å². The van der Waals surface area contributed by atoms with E-state index < -0.39 is 11.8 Å². The van der Waals surface area contributed by atoms with Crippen molar-refractivity contribution in [1.29, 1.82) is 5.26 Å². The van der Waals surface area contributed by atoms with Crippen molar-refractivity contribution in [2.45, 2.75) is 17.5 Å². The lowest BCUT2D eigenvalue weighted by Crippen LogP contribution is -2.13. The fraction of sp³-hybridized carbons (Fsp3) is 0.250. The van der Waals surface area contributed by atoms with Crippen LogP contribution in [-0.2, 0) is 21.8 Å². The molecule has 0 amide bonds. The van der Waals surface area contributed by atoms with Crippen LogP contribution in [-0.4, -0.2) is 33.3 Å². The fourth-order valence-electron chi connectivity index (χ4n) is 1.51. The Morgan fingerprint density at radius 1 is 1.57 bits per heavy atom. The van der Waals surface area contributed by atoms with Gasteiger partial charge in [0.2, 0.25) is 5.16 Å². The number of carbonyl (C=O) groups excluding carboxylic acids is 1. The number of halogens is 1. The lowest BCUT2D eigenvalue weighted by atomic mass is 10.1. The van der Waals surface area contributed by atoms with Crippen LogP contribution in [0.4, 0.5) is 4.39 Å². The molecule has 2 rings (SSSR count). The van der Waals surface area contributed by atoms with E-state index >= 15 is 0 Å². The van der Waals surface area contributed by atoms with Gasteiger partial charge in [-0.25, -0.2) is 9.07 Å². The molecule has 108 valence electrons. The van der Waals surface area contributed by atoms with Crippen molar-refractivity contribution >= 4 is 17.7 Å². The molecule has 0 saturated heterocycles. The summed E-state index contributed by atoms with van der Waals surface area (Å²) in [7, 11) is 1.28. The number of nitriles is 1. The number of tetrazole rings is 1. The smallest absolute Gasteiger partial charge is 0.327 e. The van der Waals surface area contributed by atoms with Crippen LogP contribution < -0.4 is 0 Å². The van der Waals surface area contributed by atoms with Crippen molar-refractivity contribution < 1.29 is 13.9 Å². The molecular weight excluding hydrogens is 297 g/mol. The maximum atomic E-state index is 13.0. The molecule has 1 aromatic carbocycles. The normalized spacial score (nSPS) is 10.1. The summed E-state index contributed by atoms with van der Waals surface area (Å²) in [6, 6.07) is 5.93. The molecular formula is C12H10FN5O2S. The number of methoxy groups -OCH3 is 1. The predicted molar refractivity (Wildman–Crippen MR) is 70.5 cm³/mol. The Kier molecular flexibility index (Phi) is 4.84. The number of hydrogen-bond acceptors (Lipinski definition) is 7. The second-order valence-corrected chi connectivity index (χ2v) is 4.84. The van der Waals surface area contributed by atoms with Gasteiger partial charge in [-0.3, -0.25) is 4.79 Å². The van der Waals surface area contributed by atoms with Crippen LogP contribution in [0.3, 0.4) is 0 Å². The van der Waals surface area contributed by atoms with Crippen molar-refractivity contribution in [3.05, 3.63) is 35.1 Å². The third-order valence-electron chi connectivity index (χ3n) is 2.55. The summed E-state index contributed by atoms with van der Waals surface area (Å²) in [6.07, 6.45) is 0. The number of rotatable bonds is 5. The number of benzene rings is 1. The molecule has 21 heavy (non-hydrogen) atoms.